The molecule has 8 heteroatoms. The van der Waals surface area contributed by atoms with Crippen molar-refractivity contribution in [2.24, 2.45) is 0 Å². The maximum absolute atomic E-state index is 14.1. The fraction of sp³-hybridized carbons (Fsp3) is 0.571. The largest absolute Gasteiger partial charge is 0.506 e. The second kappa shape index (κ2) is 19.3. The minimum absolute atomic E-state index is 0.0552. The van der Waals surface area contributed by atoms with Crippen LogP contribution < -0.4 is 15.9 Å². The van der Waals surface area contributed by atoms with Gasteiger partial charge in [0.15, 0.2) is 0 Å². The van der Waals surface area contributed by atoms with Crippen LogP contribution >= 0.6 is 7.92 Å². The van der Waals surface area contributed by atoms with Gasteiger partial charge in [0.25, 0.3) is 0 Å². The number of ketones is 1. The minimum Gasteiger partial charge on any atom is -0.506 e. The molecule has 270 valence electrons. The quantitative estimate of drug-likeness (QED) is 0.0694. The Morgan fingerprint density at radius 2 is 1.38 bits per heavy atom. The SMILES string of the molecule is CCCCCCCC(=O)NC1=CC(=[N+]2CCCCC2)C=CC1=C1C(=O)C(c2ccc(P3CCCCC3)cc2NC(=O)CCCCCCC)=C1O. The summed E-state index contributed by atoms with van der Waals surface area (Å²) in [6.07, 6.45) is 26.9. The summed E-state index contributed by atoms with van der Waals surface area (Å²) in [6, 6.07) is 6.08. The number of amides is 2. The minimum atomic E-state index is -0.305. The maximum atomic E-state index is 14.1. The van der Waals surface area contributed by atoms with Gasteiger partial charge in [0.1, 0.15) is 18.8 Å². The van der Waals surface area contributed by atoms with Crippen molar-refractivity contribution in [1.29, 1.82) is 0 Å². The molecule has 0 aromatic heterocycles. The number of nitrogens with one attached hydrogen (secondary N) is 2. The van der Waals surface area contributed by atoms with E-state index >= 15 is 0 Å². The molecule has 0 unspecified atom stereocenters. The lowest BCUT2D eigenvalue weighted by Gasteiger charge is -2.28. The number of aliphatic hydroxyl groups is 1. The average Bonchev–Trinajstić information content (AvgIpc) is 3.13. The third-order valence-corrected chi connectivity index (χ3v) is 13.2. The van der Waals surface area contributed by atoms with Gasteiger partial charge < -0.3 is 15.7 Å². The van der Waals surface area contributed by atoms with Crippen molar-refractivity contribution in [1.82, 2.24) is 5.32 Å². The zero-order valence-electron chi connectivity index (χ0n) is 30.6. The zero-order chi connectivity index (χ0) is 35.3. The van der Waals surface area contributed by atoms with Gasteiger partial charge in [0.05, 0.1) is 16.8 Å². The molecule has 0 spiro atoms. The Morgan fingerprint density at radius 3 is 2.02 bits per heavy atom. The summed E-state index contributed by atoms with van der Waals surface area (Å²) >= 11 is 0. The molecule has 5 rings (SSSR count). The molecule has 1 aromatic carbocycles. The number of benzene rings is 1. The van der Waals surface area contributed by atoms with Crippen LogP contribution in [0.1, 0.15) is 135 Å². The van der Waals surface area contributed by atoms with E-state index in [4.69, 9.17) is 0 Å². The first-order valence-electron chi connectivity index (χ1n) is 19.6. The first-order valence-corrected chi connectivity index (χ1v) is 21.4. The second-order valence-electron chi connectivity index (χ2n) is 14.4. The Morgan fingerprint density at radius 1 is 0.760 bits per heavy atom. The van der Waals surface area contributed by atoms with Crippen molar-refractivity contribution < 1.29 is 24.1 Å². The van der Waals surface area contributed by atoms with Crippen molar-refractivity contribution in [3.8, 4) is 0 Å². The fourth-order valence-corrected chi connectivity index (χ4v) is 10.1. The summed E-state index contributed by atoms with van der Waals surface area (Å²) in [6.45, 7) is 6.28. The Balaban J connectivity index is 1.44. The van der Waals surface area contributed by atoms with E-state index in [0.717, 1.165) is 83.0 Å². The molecule has 1 aromatic rings. The highest BCUT2D eigenvalue weighted by Gasteiger charge is 2.40. The summed E-state index contributed by atoms with van der Waals surface area (Å²) in [5, 5.41) is 19.1. The molecule has 0 saturated carbocycles. The highest BCUT2D eigenvalue weighted by Crippen LogP contribution is 2.45. The fourth-order valence-electron chi connectivity index (χ4n) is 7.51. The highest BCUT2D eigenvalue weighted by atomic mass is 31.1. The van der Waals surface area contributed by atoms with E-state index < -0.39 is 0 Å². The summed E-state index contributed by atoms with van der Waals surface area (Å²) in [4.78, 5) is 40.4. The van der Waals surface area contributed by atoms with E-state index in [1.54, 1.807) is 0 Å². The van der Waals surface area contributed by atoms with Crippen LogP contribution in [0.25, 0.3) is 5.57 Å². The Hall–Kier alpha value is -3.31. The van der Waals surface area contributed by atoms with Gasteiger partial charge in [-0.1, -0.05) is 91.7 Å². The van der Waals surface area contributed by atoms with Gasteiger partial charge in [-0.15, -0.1) is 0 Å². The highest BCUT2D eigenvalue weighted by molar-refractivity contribution is 7.65. The van der Waals surface area contributed by atoms with Crippen LogP contribution in [0.2, 0.25) is 0 Å². The third-order valence-electron chi connectivity index (χ3n) is 10.5. The van der Waals surface area contributed by atoms with Crippen LogP contribution in [-0.2, 0) is 14.4 Å². The van der Waals surface area contributed by atoms with Crippen LogP contribution in [0.3, 0.4) is 0 Å². The second-order valence-corrected chi connectivity index (χ2v) is 16.9. The van der Waals surface area contributed by atoms with Crippen LogP contribution in [0.15, 0.2) is 59.0 Å². The van der Waals surface area contributed by atoms with Gasteiger partial charge >= 0.3 is 0 Å². The van der Waals surface area contributed by atoms with Gasteiger partial charge in [-0.2, -0.15) is 0 Å². The van der Waals surface area contributed by atoms with Crippen molar-refractivity contribution >= 4 is 47.8 Å². The number of carbonyl (C=O) groups is 3. The Kier molecular flexibility index (Phi) is 14.7. The molecule has 0 radical (unpaired) electrons. The van der Waals surface area contributed by atoms with E-state index in [2.05, 4.69) is 41.2 Å². The summed E-state index contributed by atoms with van der Waals surface area (Å²) in [7, 11) is -0.305. The lowest BCUT2D eigenvalue weighted by molar-refractivity contribution is -0.535. The lowest BCUT2D eigenvalue weighted by atomic mass is 9.78. The van der Waals surface area contributed by atoms with Gasteiger partial charge in [-0.3, -0.25) is 14.4 Å². The van der Waals surface area contributed by atoms with Crippen LogP contribution in [0.4, 0.5) is 5.69 Å². The summed E-state index contributed by atoms with van der Waals surface area (Å²) in [5.74, 6) is -0.480. The average molecular weight is 701 g/mol. The molecule has 2 saturated heterocycles. The van der Waals surface area contributed by atoms with E-state index in [-0.39, 0.29) is 42.4 Å². The molecular weight excluding hydrogens is 641 g/mol. The first kappa shape index (κ1) is 37.9. The van der Waals surface area contributed by atoms with Gasteiger partial charge in [0, 0.05) is 54.7 Å². The van der Waals surface area contributed by atoms with Gasteiger partial charge in [-0.05, 0) is 61.9 Å². The molecule has 50 heavy (non-hydrogen) atoms. The molecule has 7 nitrogen and oxygen atoms in total. The number of piperidine rings is 1. The molecule has 4 aliphatic rings. The number of unbranched alkanes of at least 4 members (excludes halogenated alkanes) is 8. The van der Waals surface area contributed by atoms with Gasteiger partial charge in [-0.25, -0.2) is 4.58 Å². The Labute approximate surface area is 301 Å². The van der Waals surface area contributed by atoms with E-state index in [0.29, 0.717) is 35.4 Å². The number of nitrogens with zero attached hydrogens (tertiary/aromatic N) is 1. The third kappa shape index (κ3) is 9.93. The van der Waals surface area contributed by atoms with Crippen LogP contribution in [0.5, 0.6) is 0 Å². The molecule has 2 heterocycles. The summed E-state index contributed by atoms with van der Waals surface area (Å²) < 4.78 is 2.33. The van der Waals surface area contributed by atoms with Crippen molar-refractivity contribution in [3.63, 3.8) is 0 Å². The smallest absolute Gasteiger partial charge is 0.224 e. The summed E-state index contributed by atoms with van der Waals surface area (Å²) in [5.41, 5.74) is 3.74. The van der Waals surface area contributed by atoms with E-state index in [1.165, 1.54) is 56.2 Å². The van der Waals surface area contributed by atoms with E-state index in [1.807, 2.05) is 24.3 Å². The molecule has 2 aliphatic carbocycles. The zero-order valence-corrected chi connectivity index (χ0v) is 31.5. The molecule has 0 bridgehead atoms. The Bertz CT molecular complexity index is 1550. The maximum Gasteiger partial charge on any atom is 0.224 e. The molecule has 2 amide bonds. The molecule has 0 atom stereocenters. The monoisotopic (exact) mass is 700 g/mol. The number of hydrogen-bond donors (Lipinski definition) is 3. The number of hydrogen-bond acceptors (Lipinski definition) is 4. The number of carbonyl (C=O) groups excluding carboxylic acids is 3. The van der Waals surface area contributed by atoms with Crippen molar-refractivity contribution in [3.05, 3.63) is 64.6 Å². The molecular formula is C42H59N3O4P+. The van der Waals surface area contributed by atoms with Crippen molar-refractivity contribution in [2.75, 3.05) is 30.7 Å². The standard InChI is InChI=1S/C42H58N3O4P/c1-3-5-7-9-13-19-37(46)43-35-29-31(45-25-15-11-16-26-45)21-23-33(35)39-41(48)40(42(39)49)34-24-22-32(50-27-17-12-18-28-50)30-36(34)44-38(47)20-14-10-8-6-4-2/h21-24,29-30H,3-20,25-28H2,1-2H3,(H2,43,44,46,47,48,49)/p+1. The normalized spacial score (nSPS) is 19.8. The van der Waals surface area contributed by atoms with Crippen molar-refractivity contribution in [2.45, 2.75) is 129 Å². The van der Waals surface area contributed by atoms with Gasteiger partial charge in [0.2, 0.25) is 23.3 Å². The number of aliphatic hydroxyl groups excluding tert-OH is 1. The number of rotatable bonds is 16. The topological polar surface area (TPSA) is 98.5 Å². The number of anilines is 1. The van der Waals surface area contributed by atoms with E-state index in [9.17, 15) is 19.5 Å². The predicted molar refractivity (Wildman–Crippen MR) is 208 cm³/mol. The first-order chi connectivity index (χ1) is 24.4. The number of allylic oxidation sites excluding steroid dienone is 5. The lowest BCUT2D eigenvalue weighted by Crippen LogP contribution is -2.32. The number of Topliss-reactive ketones (excluding diaryl/α,β-unsaturated/α-hetero) is 1. The van der Waals surface area contributed by atoms with Crippen LogP contribution in [-0.4, -0.2) is 58.4 Å². The predicted octanol–water partition coefficient (Wildman–Crippen LogP) is 8.99. The molecule has 2 fully saturated rings. The molecule has 2 aliphatic heterocycles. The molecule has 3 N–H and O–H groups in total. The van der Waals surface area contributed by atoms with Crippen LogP contribution in [0, 0.1) is 0 Å².